The normalized spacial score (nSPS) is 22.6. The molecule has 2 aliphatic rings. The SMILES string of the molecule is O=C(C1CC1)N1CCCC1CC=Cc1ccc(F)cc1. The Morgan fingerprint density at radius 1 is 1.25 bits per heavy atom. The van der Waals surface area contributed by atoms with Gasteiger partial charge in [-0.2, -0.15) is 0 Å². The molecular weight excluding hydrogens is 253 g/mol. The van der Waals surface area contributed by atoms with Crippen molar-refractivity contribution in [1.82, 2.24) is 4.90 Å². The molecule has 1 saturated carbocycles. The third kappa shape index (κ3) is 3.09. The molecule has 1 amide bonds. The predicted octanol–water partition coefficient (Wildman–Crippen LogP) is 3.63. The van der Waals surface area contributed by atoms with Gasteiger partial charge in [-0.1, -0.05) is 24.3 Å². The summed E-state index contributed by atoms with van der Waals surface area (Å²) < 4.78 is 12.8. The molecule has 0 spiro atoms. The van der Waals surface area contributed by atoms with Crippen LogP contribution in [-0.4, -0.2) is 23.4 Å². The number of amides is 1. The minimum Gasteiger partial charge on any atom is -0.339 e. The average molecular weight is 273 g/mol. The molecule has 0 bridgehead atoms. The van der Waals surface area contributed by atoms with Gasteiger partial charge >= 0.3 is 0 Å². The van der Waals surface area contributed by atoms with Crippen LogP contribution in [0, 0.1) is 11.7 Å². The Hall–Kier alpha value is -1.64. The summed E-state index contributed by atoms with van der Waals surface area (Å²) in [5.74, 6) is 0.471. The van der Waals surface area contributed by atoms with Gasteiger partial charge in [-0.25, -0.2) is 4.39 Å². The molecule has 0 N–H and O–H groups in total. The van der Waals surface area contributed by atoms with Crippen molar-refractivity contribution in [3.63, 3.8) is 0 Å². The highest BCUT2D eigenvalue weighted by Crippen LogP contribution is 2.34. The highest BCUT2D eigenvalue weighted by Gasteiger charge is 2.37. The molecule has 2 nitrogen and oxygen atoms in total. The fraction of sp³-hybridized carbons (Fsp3) is 0.471. The van der Waals surface area contributed by atoms with E-state index in [1.807, 2.05) is 6.08 Å². The first-order chi connectivity index (χ1) is 9.74. The molecule has 3 heteroatoms. The van der Waals surface area contributed by atoms with Crippen LogP contribution in [0.1, 0.15) is 37.7 Å². The minimum absolute atomic E-state index is 0.209. The van der Waals surface area contributed by atoms with Crippen molar-refractivity contribution in [2.24, 2.45) is 5.92 Å². The van der Waals surface area contributed by atoms with Crippen molar-refractivity contribution in [3.05, 3.63) is 41.7 Å². The van der Waals surface area contributed by atoms with Gasteiger partial charge in [0, 0.05) is 18.5 Å². The summed E-state index contributed by atoms with van der Waals surface area (Å²) in [7, 11) is 0. The van der Waals surface area contributed by atoms with E-state index in [1.54, 1.807) is 12.1 Å². The van der Waals surface area contributed by atoms with Gasteiger partial charge in [0.2, 0.25) is 5.91 Å². The van der Waals surface area contributed by atoms with E-state index in [9.17, 15) is 9.18 Å². The molecule has 106 valence electrons. The third-order valence-corrected chi connectivity index (χ3v) is 4.18. The van der Waals surface area contributed by atoms with E-state index in [0.29, 0.717) is 17.9 Å². The molecule has 1 atom stereocenters. The summed E-state index contributed by atoms with van der Waals surface area (Å²) in [4.78, 5) is 14.2. The Morgan fingerprint density at radius 2 is 2.00 bits per heavy atom. The first-order valence-electron chi connectivity index (χ1n) is 7.46. The summed E-state index contributed by atoms with van der Waals surface area (Å²) in [6.07, 6.45) is 9.39. The fourth-order valence-electron chi connectivity index (χ4n) is 2.87. The van der Waals surface area contributed by atoms with Gasteiger partial charge in [0.1, 0.15) is 5.82 Å². The van der Waals surface area contributed by atoms with Crippen LogP contribution >= 0.6 is 0 Å². The van der Waals surface area contributed by atoms with E-state index in [0.717, 1.165) is 44.2 Å². The summed E-state index contributed by atoms with van der Waals surface area (Å²) >= 11 is 0. The van der Waals surface area contributed by atoms with Gasteiger partial charge in [0.05, 0.1) is 0 Å². The topological polar surface area (TPSA) is 20.3 Å². The summed E-state index contributed by atoms with van der Waals surface area (Å²) in [5.41, 5.74) is 1.00. The Morgan fingerprint density at radius 3 is 2.70 bits per heavy atom. The van der Waals surface area contributed by atoms with E-state index in [-0.39, 0.29) is 5.82 Å². The Labute approximate surface area is 119 Å². The quantitative estimate of drug-likeness (QED) is 0.820. The van der Waals surface area contributed by atoms with Gasteiger partial charge in [0.15, 0.2) is 0 Å². The van der Waals surface area contributed by atoms with Gasteiger partial charge in [0.25, 0.3) is 0 Å². The molecule has 1 heterocycles. The van der Waals surface area contributed by atoms with E-state index in [4.69, 9.17) is 0 Å². The molecule has 1 aromatic carbocycles. The molecule has 20 heavy (non-hydrogen) atoms. The molecule has 1 aromatic rings. The number of halogens is 1. The zero-order valence-electron chi connectivity index (χ0n) is 11.6. The lowest BCUT2D eigenvalue weighted by Crippen LogP contribution is -2.36. The van der Waals surface area contributed by atoms with Crippen molar-refractivity contribution in [1.29, 1.82) is 0 Å². The molecule has 3 rings (SSSR count). The van der Waals surface area contributed by atoms with Crippen molar-refractivity contribution in [3.8, 4) is 0 Å². The lowest BCUT2D eigenvalue weighted by molar-refractivity contribution is -0.133. The zero-order valence-corrected chi connectivity index (χ0v) is 11.6. The first kappa shape index (κ1) is 13.3. The number of hydrogen-bond donors (Lipinski definition) is 0. The van der Waals surface area contributed by atoms with Crippen LogP contribution in [0.15, 0.2) is 30.3 Å². The van der Waals surface area contributed by atoms with Crippen molar-refractivity contribution in [2.75, 3.05) is 6.54 Å². The number of nitrogens with zero attached hydrogens (tertiary/aromatic N) is 1. The van der Waals surface area contributed by atoms with Gasteiger partial charge in [-0.3, -0.25) is 4.79 Å². The number of hydrogen-bond acceptors (Lipinski definition) is 1. The van der Waals surface area contributed by atoms with Crippen molar-refractivity contribution in [2.45, 2.75) is 38.1 Å². The Balaban J connectivity index is 1.56. The molecule has 0 radical (unpaired) electrons. The standard InChI is InChI=1S/C17H20FNO/c18-15-10-6-13(7-11-15)3-1-4-16-5-2-12-19(16)17(20)14-8-9-14/h1,3,6-7,10-11,14,16H,2,4-5,8-9,12H2. The van der Waals surface area contributed by atoms with Gasteiger partial charge < -0.3 is 4.90 Å². The lowest BCUT2D eigenvalue weighted by atomic mass is 10.1. The Bertz CT molecular complexity index is 504. The van der Waals surface area contributed by atoms with Crippen LogP contribution in [0.2, 0.25) is 0 Å². The predicted molar refractivity (Wildman–Crippen MR) is 77.5 cm³/mol. The number of benzene rings is 1. The van der Waals surface area contributed by atoms with Crippen LogP contribution in [0.3, 0.4) is 0 Å². The van der Waals surface area contributed by atoms with Crippen LogP contribution < -0.4 is 0 Å². The second kappa shape index (κ2) is 5.78. The summed E-state index contributed by atoms with van der Waals surface area (Å²) in [5, 5.41) is 0. The van der Waals surface area contributed by atoms with E-state index >= 15 is 0 Å². The number of likely N-dealkylation sites (tertiary alicyclic amines) is 1. The number of carbonyl (C=O) groups excluding carboxylic acids is 1. The minimum atomic E-state index is -0.209. The highest BCUT2D eigenvalue weighted by molar-refractivity contribution is 5.81. The first-order valence-corrected chi connectivity index (χ1v) is 7.46. The molecule has 1 aliphatic carbocycles. The van der Waals surface area contributed by atoms with E-state index < -0.39 is 0 Å². The number of rotatable bonds is 4. The largest absolute Gasteiger partial charge is 0.339 e. The number of carbonyl (C=O) groups is 1. The van der Waals surface area contributed by atoms with Crippen LogP contribution in [0.5, 0.6) is 0 Å². The molecule has 0 aromatic heterocycles. The molecular formula is C17H20FNO. The van der Waals surface area contributed by atoms with Crippen molar-refractivity contribution >= 4 is 12.0 Å². The van der Waals surface area contributed by atoms with Crippen LogP contribution in [-0.2, 0) is 4.79 Å². The van der Waals surface area contributed by atoms with Crippen molar-refractivity contribution < 1.29 is 9.18 Å². The molecule has 1 saturated heterocycles. The lowest BCUT2D eigenvalue weighted by Gasteiger charge is -2.23. The molecule has 2 fully saturated rings. The average Bonchev–Trinajstić information content (AvgIpc) is 3.20. The summed E-state index contributed by atoms with van der Waals surface area (Å²) in [6, 6.07) is 6.84. The summed E-state index contributed by atoms with van der Waals surface area (Å²) in [6.45, 7) is 0.921. The molecule has 1 unspecified atom stereocenters. The second-order valence-electron chi connectivity index (χ2n) is 5.79. The van der Waals surface area contributed by atoms with E-state index in [1.165, 1.54) is 12.1 Å². The van der Waals surface area contributed by atoms with E-state index in [2.05, 4.69) is 11.0 Å². The van der Waals surface area contributed by atoms with Gasteiger partial charge in [-0.15, -0.1) is 0 Å². The zero-order chi connectivity index (χ0) is 13.9. The Kier molecular flexibility index (Phi) is 3.86. The van der Waals surface area contributed by atoms with Crippen LogP contribution in [0.4, 0.5) is 4.39 Å². The second-order valence-corrected chi connectivity index (χ2v) is 5.79. The monoisotopic (exact) mass is 273 g/mol. The maximum absolute atomic E-state index is 12.8. The third-order valence-electron chi connectivity index (χ3n) is 4.18. The smallest absolute Gasteiger partial charge is 0.225 e. The maximum atomic E-state index is 12.8. The maximum Gasteiger partial charge on any atom is 0.225 e. The van der Waals surface area contributed by atoms with Crippen LogP contribution in [0.25, 0.3) is 6.08 Å². The fourth-order valence-corrected chi connectivity index (χ4v) is 2.87. The highest BCUT2D eigenvalue weighted by atomic mass is 19.1. The molecule has 1 aliphatic heterocycles. The van der Waals surface area contributed by atoms with Gasteiger partial charge in [-0.05, 0) is 49.8 Å².